The van der Waals surface area contributed by atoms with Crippen molar-refractivity contribution >= 4 is 11.8 Å². The molecule has 18 heavy (non-hydrogen) atoms. The average Bonchev–Trinajstić information content (AvgIpc) is 3.34. The number of hydrogen-bond acceptors (Lipinski definition) is 2. The number of benzene rings is 2. The number of hydrogen-bond donors (Lipinski definition) is 0. The molecule has 2 aliphatic rings. The summed E-state index contributed by atoms with van der Waals surface area (Å²) in [5.74, 6) is 1.32. The molecule has 0 saturated carbocycles. The second-order valence-electron chi connectivity index (χ2n) is 4.47. The smallest absolute Gasteiger partial charge is 0.106 e. The van der Waals surface area contributed by atoms with E-state index in [1.165, 1.54) is 16.9 Å². The monoisotopic (exact) mass is 256 g/mol. The standard InChI is InChI=1S/C8H8O.C8H8S/c2*1-2-4-7(5-3-1)8-6-9-8/h2*1-5,8H,6H2. The molecule has 2 aromatic rings. The molecule has 0 aromatic heterocycles. The normalized spacial score (nSPS) is 23.8. The van der Waals surface area contributed by atoms with Gasteiger partial charge in [0.15, 0.2) is 0 Å². The molecule has 0 aliphatic carbocycles. The first kappa shape index (κ1) is 11.8. The van der Waals surface area contributed by atoms with E-state index >= 15 is 0 Å². The molecule has 0 spiro atoms. The van der Waals surface area contributed by atoms with E-state index in [1.807, 2.05) is 30.0 Å². The van der Waals surface area contributed by atoms with E-state index in [0.29, 0.717) is 6.10 Å². The Kier molecular flexibility index (Phi) is 3.67. The first-order valence-electron chi connectivity index (χ1n) is 6.26. The summed E-state index contributed by atoms with van der Waals surface area (Å²) >= 11 is 2.02. The highest BCUT2D eigenvalue weighted by Crippen LogP contribution is 2.45. The zero-order valence-corrected chi connectivity index (χ0v) is 11.0. The molecule has 4 rings (SSSR count). The molecule has 2 unspecified atom stereocenters. The van der Waals surface area contributed by atoms with Crippen LogP contribution in [0.3, 0.4) is 0 Å². The summed E-state index contributed by atoms with van der Waals surface area (Å²) in [4.78, 5) is 0. The van der Waals surface area contributed by atoms with Crippen molar-refractivity contribution < 1.29 is 4.74 Å². The second kappa shape index (κ2) is 5.59. The molecular weight excluding hydrogens is 240 g/mol. The van der Waals surface area contributed by atoms with Gasteiger partial charge in [-0.05, 0) is 11.1 Å². The summed E-state index contributed by atoms with van der Waals surface area (Å²) in [5, 5.41) is 0.825. The van der Waals surface area contributed by atoms with E-state index < -0.39 is 0 Å². The molecule has 2 aliphatic heterocycles. The Labute approximate surface area is 112 Å². The predicted octanol–water partition coefficient (Wildman–Crippen LogP) is 4.23. The van der Waals surface area contributed by atoms with E-state index in [0.717, 1.165) is 11.9 Å². The summed E-state index contributed by atoms with van der Waals surface area (Å²) in [7, 11) is 0. The molecule has 0 N–H and O–H groups in total. The summed E-state index contributed by atoms with van der Waals surface area (Å²) in [6.07, 6.45) is 0.409. The minimum absolute atomic E-state index is 0.409. The maximum atomic E-state index is 5.09. The Morgan fingerprint density at radius 1 is 0.833 bits per heavy atom. The van der Waals surface area contributed by atoms with Crippen LogP contribution in [-0.2, 0) is 4.74 Å². The lowest BCUT2D eigenvalue weighted by atomic mass is 10.2. The van der Waals surface area contributed by atoms with Gasteiger partial charge in [0.25, 0.3) is 0 Å². The molecule has 2 saturated heterocycles. The largest absolute Gasteiger partial charge is 0.368 e. The van der Waals surface area contributed by atoms with Gasteiger partial charge in [0.05, 0.1) is 6.61 Å². The van der Waals surface area contributed by atoms with Crippen molar-refractivity contribution in [3.63, 3.8) is 0 Å². The highest BCUT2D eigenvalue weighted by Gasteiger charge is 2.24. The van der Waals surface area contributed by atoms with Crippen LogP contribution in [0.5, 0.6) is 0 Å². The van der Waals surface area contributed by atoms with Gasteiger partial charge in [-0.3, -0.25) is 0 Å². The fourth-order valence-corrected chi connectivity index (χ4v) is 2.45. The number of epoxide rings is 1. The van der Waals surface area contributed by atoms with Gasteiger partial charge >= 0.3 is 0 Å². The van der Waals surface area contributed by atoms with Gasteiger partial charge < -0.3 is 4.74 Å². The topological polar surface area (TPSA) is 12.5 Å². The van der Waals surface area contributed by atoms with E-state index in [4.69, 9.17) is 4.74 Å². The number of ether oxygens (including phenoxy) is 1. The molecule has 2 fully saturated rings. The van der Waals surface area contributed by atoms with Crippen LogP contribution in [0.1, 0.15) is 22.5 Å². The predicted molar refractivity (Wildman–Crippen MR) is 76.8 cm³/mol. The van der Waals surface area contributed by atoms with Crippen LogP contribution in [0.4, 0.5) is 0 Å². The molecule has 0 bridgehead atoms. The SMILES string of the molecule is c1ccc(C2CO2)cc1.c1ccc(C2CS2)cc1. The Bertz CT molecular complexity index is 427. The lowest BCUT2D eigenvalue weighted by molar-refractivity contribution is 0.415. The Hall–Kier alpha value is -1.25. The molecule has 1 nitrogen and oxygen atoms in total. The van der Waals surface area contributed by atoms with Crippen LogP contribution in [-0.4, -0.2) is 12.4 Å². The Balaban J connectivity index is 0.000000111. The van der Waals surface area contributed by atoms with Crippen molar-refractivity contribution in [1.82, 2.24) is 0 Å². The quantitative estimate of drug-likeness (QED) is 0.745. The molecule has 92 valence electrons. The van der Waals surface area contributed by atoms with Gasteiger partial charge in [0.2, 0.25) is 0 Å². The van der Waals surface area contributed by atoms with Crippen molar-refractivity contribution in [3.8, 4) is 0 Å². The van der Waals surface area contributed by atoms with E-state index in [2.05, 4.69) is 42.5 Å². The van der Waals surface area contributed by atoms with Crippen molar-refractivity contribution in [2.24, 2.45) is 0 Å². The molecule has 0 radical (unpaired) electrons. The van der Waals surface area contributed by atoms with Crippen molar-refractivity contribution in [2.75, 3.05) is 12.4 Å². The van der Waals surface area contributed by atoms with Crippen LogP contribution >= 0.6 is 11.8 Å². The Morgan fingerprint density at radius 2 is 1.33 bits per heavy atom. The van der Waals surface area contributed by atoms with Crippen molar-refractivity contribution in [2.45, 2.75) is 11.4 Å². The van der Waals surface area contributed by atoms with E-state index in [-0.39, 0.29) is 0 Å². The lowest BCUT2D eigenvalue weighted by Crippen LogP contribution is -1.75. The number of rotatable bonds is 2. The van der Waals surface area contributed by atoms with Crippen molar-refractivity contribution in [1.29, 1.82) is 0 Å². The minimum Gasteiger partial charge on any atom is -0.368 e. The average molecular weight is 256 g/mol. The zero-order valence-electron chi connectivity index (χ0n) is 10.2. The third-order valence-electron chi connectivity index (χ3n) is 3.01. The first-order chi connectivity index (χ1) is 8.93. The van der Waals surface area contributed by atoms with Gasteiger partial charge in [-0.1, -0.05) is 60.7 Å². The lowest BCUT2D eigenvalue weighted by Gasteiger charge is -1.90. The van der Waals surface area contributed by atoms with Crippen LogP contribution in [0, 0.1) is 0 Å². The first-order valence-corrected chi connectivity index (χ1v) is 7.31. The maximum absolute atomic E-state index is 5.09. The Morgan fingerprint density at radius 3 is 1.78 bits per heavy atom. The fraction of sp³-hybridized carbons (Fsp3) is 0.250. The van der Waals surface area contributed by atoms with E-state index in [9.17, 15) is 0 Å². The molecular formula is C16H16OS. The number of thioether (sulfide) groups is 1. The summed E-state index contributed by atoms with van der Waals surface area (Å²) in [6.45, 7) is 0.907. The molecule has 2 aromatic carbocycles. The van der Waals surface area contributed by atoms with Crippen LogP contribution in [0.2, 0.25) is 0 Å². The highest BCUT2D eigenvalue weighted by atomic mass is 32.2. The van der Waals surface area contributed by atoms with Gasteiger partial charge in [-0.15, -0.1) is 0 Å². The zero-order chi connectivity index (χ0) is 12.2. The molecule has 2 heterocycles. The molecule has 0 amide bonds. The summed E-state index contributed by atoms with van der Waals surface area (Å²) in [5.41, 5.74) is 2.79. The maximum Gasteiger partial charge on any atom is 0.106 e. The van der Waals surface area contributed by atoms with E-state index in [1.54, 1.807) is 0 Å². The second-order valence-corrected chi connectivity index (χ2v) is 5.70. The third kappa shape index (κ3) is 3.37. The molecule has 2 heteroatoms. The molecule has 2 atom stereocenters. The fourth-order valence-electron chi connectivity index (χ4n) is 1.82. The van der Waals surface area contributed by atoms with Crippen molar-refractivity contribution in [3.05, 3.63) is 71.8 Å². The summed E-state index contributed by atoms with van der Waals surface area (Å²) < 4.78 is 5.09. The van der Waals surface area contributed by atoms with Crippen LogP contribution in [0.25, 0.3) is 0 Å². The highest BCUT2D eigenvalue weighted by molar-refractivity contribution is 8.06. The van der Waals surface area contributed by atoms with Gasteiger partial charge in [-0.25, -0.2) is 0 Å². The minimum atomic E-state index is 0.409. The summed E-state index contributed by atoms with van der Waals surface area (Å²) in [6, 6.07) is 21.0. The third-order valence-corrected chi connectivity index (χ3v) is 3.95. The van der Waals surface area contributed by atoms with Crippen LogP contribution < -0.4 is 0 Å². The van der Waals surface area contributed by atoms with Gasteiger partial charge in [-0.2, -0.15) is 11.8 Å². The van der Waals surface area contributed by atoms with Gasteiger partial charge in [0.1, 0.15) is 6.10 Å². The van der Waals surface area contributed by atoms with Gasteiger partial charge in [0, 0.05) is 11.0 Å². The van der Waals surface area contributed by atoms with Crippen LogP contribution in [0.15, 0.2) is 60.7 Å².